The van der Waals surface area contributed by atoms with Gasteiger partial charge in [-0.2, -0.15) is 5.26 Å². The molecule has 2 N–H and O–H groups in total. The number of urea groups is 1. The van der Waals surface area contributed by atoms with Crippen molar-refractivity contribution in [1.29, 1.82) is 5.26 Å². The van der Waals surface area contributed by atoms with Crippen LogP contribution in [0.3, 0.4) is 0 Å². The van der Waals surface area contributed by atoms with Gasteiger partial charge in [-0.1, -0.05) is 0 Å². The van der Waals surface area contributed by atoms with Gasteiger partial charge in [0.05, 0.1) is 12.5 Å². The van der Waals surface area contributed by atoms with Gasteiger partial charge in [0.1, 0.15) is 6.04 Å². The Morgan fingerprint density at radius 1 is 1.58 bits per heavy atom. The summed E-state index contributed by atoms with van der Waals surface area (Å²) in [6, 6.07) is 0.754. The van der Waals surface area contributed by atoms with Crippen LogP contribution in [0.5, 0.6) is 0 Å². The smallest absolute Gasteiger partial charge is 0.326 e. The molecule has 0 aliphatic heterocycles. The Kier molecular flexibility index (Phi) is 6.09. The van der Waals surface area contributed by atoms with Crippen molar-refractivity contribution in [1.82, 2.24) is 10.2 Å². The lowest BCUT2D eigenvalue weighted by Crippen LogP contribution is -2.49. The maximum atomic E-state index is 12.0. The number of amides is 2. The predicted molar refractivity (Wildman–Crippen MR) is 66.4 cm³/mol. The second-order valence-corrected chi connectivity index (χ2v) is 4.45. The summed E-state index contributed by atoms with van der Waals surface area (Å²) in [6.07, 6.45) is 2.29. The van der Waals surface area contributed by atoms with E-state index in [9.17, 15) is 9.59 Å². The summed E-state index contributed by atoms with van der Waals surface area (Å²) in [6.45, 7) is 0.600. The third-order valence-electron chi connectivity index (χ3n) is 2.92. The Hall–Kier alpha value is -1.81. The lowest BCUT2D eigenvalue weighted by Gasteiger charge is -2.24. The normalized spacial score (nSPS) is 15.4. The maximum Gasteiger partial charge on any atom is 0.326 e. The number of carboxylic acid groups (broad SMARTS) is 1. The number of aliphatic carboxylic acids is 1. The number of hydrogen-bond acceptors (Lipinski definition) is 4. The van der Waals surface area contributed by atoms with Crippen molar-refractivity contribution in [2.45, 2.75) is 37.8 Å². The van der Waals surface area contributed by atoms with E-state index in [1.54, 1.807) is 4.90 Å². The second-order valence-electron chi connectivity index (χ2n) is 4.45. The number of hydrogen-bond donors (Lipinski definition) is 2. The highest BCUT2D eigenvalue weighted by molar-refractivity contribution is 5.82. The van der Waals surface area contributed by atoms with Crippen LogP contribution in [0.2, 0.25) is 0 Å². The number of carboxylic acids is 1. The van der Waals surface area contributed by atoms with Crippen LogP contribution in [0.15, 0.2) is 0 Å². The van der Waals surface area contributed by atoms with Crippen LogP contribution < -0.4 is 5.32 Å². The fraction of sp³-hybridized carbons (Fsp3) is 0.750. The Balaban J connectivity index is 2.52. The standard InChI is InChI=1S/C12H19N3O4/c1-19-8-5-10(11(16)17)14-12(18)15(7-2-6-13)9-3-4-9/h9-10H,2-5,7-8H2,1H3,(H,14,18)(H,16,17). The highest BCUT2D eigenvalue weighted by Gasteiger charge is 2.33. The van der Waals surface area contributed by atoms with Gasteiger partial charge in [0.25, 0.3) is 0 Å². The average molecular weight is 269 g/mol. The van der Waals surface area contributed by atoms with Crippen LogP contribution >= 0.6 is 0 Å². The van der Waals surface area contributed by atoms with Crippen LogP contribution in [-0.4, -0.2) is 54.4 Å². The third-order valence-corrected chi connectivity index (χ3v) is 2.92. The minimum Gasteiger partial charge on any atom is -0.480 e. The molecule has 1 unspecified atom stereocenters. The molecule has 7 nitrogen and oxygen atoms in total. The molecule has 106 valence electrons. The van der Waals surface area contributed by atoms with E-state index in [0.717, 1.165) is 12.8 Å². The van der Waals surface area contributed by atoms with E-state index in [1.165, 1.54) is 7.11 Å². The minimum atomic E-state index is -1.08. The highest BCUT2D eigenvalue weighted by atomic mass is 16.5. The lowest BCUT2D eigenvalue weighted by molar-refractivity contribution is -0.139. The summed E-state index contributed by atoms with van der Waals surface area (Å²) in [7, 11) is 1.48. The average Bonchev–Trinajstić information content (AvgIpc) is 3.19. The van der Waals surface area contributed by atoms with Gasteiger partial charge >= 0.3 is 12.0 Å². The molecule has 0 aromatic heterocycles. The zero-order valence-electron chi connectivity index (χ0n) is 11.0. The maximum absolute atomic E-state index is 12.0. The fourth-order valence-electron chi connectivity index (χ4n) is 1.73. The van der Waals surface area contributed by atoms with E-state index in [-0.39, 0.29) is 25.5 Å². The van der Waals surface area contributed by atoms with Crippen LogP contribution in [-0.2, 0) is 9.53 Å². The first-order chi connectivity index (χ1) is 9.10. The largest absolute Gasteiger partial charge is 0.480 e. The number of carbonyl (C=O) groups excluding carboxylic acids is 1. The van der Waals surface area contributed by atoms with Gasteiger partial charge in [-0.25, -0.2) is 9.59 Å². The van der Waals surface area contributed by atoms with Gasteiger partial charge in [0.15, 0.2) is 0 Å². The van der Waals surface area contributed by atoms with E-state index in [0.29, 0.717) is 6.54 Å². The van der Waals surface area contributed by atoms with Crippen molar-refractivity contribution in [3.05, 3.63) is 0 Å². The number of carbonyl (C=O) groups is 2. The molecule has 1 rings (SSSR count). The molecule has 1 aliphatic carbocycles. The quantitative estimate of drug-likeness (QED) is 0.670. The SMILES string of the molecule is COCCC(NC(=O)N(CCC#N)C1CC1)C(=O)O. The summed E-state index contributed by atoms with van der Waals surface area (Å²) >= 11 is 0. The van der Waals surface area contributed by atoms with E-state index in [2.05, 4.69) is 5.32 Å². The van der Waals surface area contributed by atoms with Gasteiger partial charge < -0.3 is 20.1 Å². The Bertz CT molecular complexity index is 362. The van der Waals surface area contributed by atoms with Crippen LogP contribution in [0, 0.1) is 11.3 Å². The molecule has 0 heterocycles. The molecular weight excluding hydrogens is 250 g/mol. The van der Waals surface area contributed by atoms with E-state index in [4.69, 9.17) is 15.1 Å². The molecule has 0 radical (unpaired) electrons. The van der Waals surface area contributed by atoms with Crippen molar-refractivity contribution in [3.63, 3.8) is 0 Å². The number of methoxy groups -OCH3 is 1. The van der Waals surface area contributed by atoms with E-state index in [1.807, 2.05) is 6.07 Å². The number of nitriles is 1. The summed E-state index contributed by atoms with van der Waals surface area (Å²) in [5, 5.41) is 20.1. The molecule has 1 aliphatic rings. The van der Waals surface area contributed by atoms with Gasteiger partial charge in [-0.05, 0) is 12.8 Å². The van der Waals surface area contributed by atoms with Gasteiger partial charge in [0, 0.05) is 32.7 Å². The van der Waals surface area contributed by atoms with Crippen molar-refractivity contribution in [2.24, 2.45) is 0 Å². The van der Waals surface area contributed by atoms with Crippen molar-refractivity contribution >= 4 is 12.0 Å². The number of ether oxygens (including phenoxy) is 1. The molecular formula is C12H19N3O4. The molecule has 1 saturated carbocycles. The molecule has 0 aromatic rings. The van der Waals surface area contributed by atoms with Gasteiger partial charge in [-0.3, -0.25) is 0 Å². The van der Waals surface area contributed by atoms with Gasteiger partial charge in [-0.15, -0.1) is 0 Å². The molecule has 7 heteroatoms. The topological polar surface area (TPSA) is 103 Å². The molecule has 0 saturated heterocycles. The number of nitrogens with one attached hydrogen (secondary N) is 1. The van der Waals surface area contributed by atoms with E-state index >= 15 is 0 Å². The number of rotatable bonds is 8. The molecule has 1 atom stereocenters. The molecule has 19 heavy (non-hydrogen) atoms. The van der Waals surface area contributed by atoms with Crippen molar-refractivity contribution in [2.75, 3.05) is 20.3 Å². The molecule has 2 amide bonds. The Morgan fingerprint density at radius 3 is 2.74 bits per heavy atom. The predicted octanol–water partition coefficient (Wildman–Crippen LogP) is 0.564. The zero-order valence-corrected chi connectivity index (χ0v) is 11.0. The Morgan fingerprint density at radius 2 is 2.26 bits per heavy atom. The van der Waals surface area contributed by atoms with Crippen LogP contribution in [0.1, 0.15) is 25.7 Å². The molecule has 1 fully saturated rings. The van der Waals surface area contributed by atoms with Crippen molar-refractivity contribution < 1.29 is 19.4 Å². The third kappa shape index (κ3) is 5.14. The molecule has 0 aromatic carbocycles. The van der Waals surface area contributed by atoms with Crippen LogP contribution in [0.4, 0.5) is 4.79 Å². The van der Waals surface area contributed by atoms with E-state index < -0.39 is 18.0 Å². The fourth-order valence-corrected chi connectivity index (χ4v) is 1.73. The first-order valence-corrected chi connectivity index (χ1v) is 6.26. The summed E-state index contributed by atoms with van der Waals surface area (Å²) < 4.78 is 4.82. The number of nitrogens with zero attached hydrogens (tertiary/aromatic N) is 2. The summed E-state index contributed by atoms with van der Waals surface area (Å²) in [5.74, 6) is -1.08. The summed E-state index contributed by atoms with van der Waals surface area (Å²) in [5.41, 5.74) is 0. The summed E-state index contributed by atoms with van der Waals surface area (Å²) in [4.78, 5) is 24.6. The molecule has 0 spiro atoms. The van der Waals surface area contributed by atoms with Crippen LogP contribution in [0.25, 0.3) is 0 Å². The molecule has 0 bridgehead atoms. The van der Waals surface area contributed by atoms with Crippen molar-refractivity contribution in [3.8, 4) is 6.07 Å². The highest BCUT2D eigenvalue weighted by Crippen LogP contribution is 2.26. The lowest BCUT2D eigenvalue weighted by atomic mass is 10.2. The van der Waals surface area contributed by atoms with Gasteiger partial charge in [0.2, 0.25) is 0 Å². The Labute approximate surface area is 112 Å². The monoisotopic (exact) mass is 269 g/mol. The first kappa shape index (κ1) is 15.2. The minimum absolute atomic E-state index is 0.144. The second kappa shape index (κ2) is 7.59. The first-order valence-electron chi connectivity index (χ1n) is 6.26. The zero-order chi connectivity index (χ0) is 14.3.